The molecule has 0 bridgehead atoms. The molecule has 31 heavy (non-hydrogen) atoms. The molecule has 1 aliphatic carbocycles. The highest BCUT2D eigenvalue weighted by atomic mass is 32.2. The fourth-order valence-corrected chi connectivity index (χ4v) is 4.09. The van der Waals surface area contributed by atoms with Gasteiger partial charge >= 0.3 is 17.9 Å². The van der Waals surface area contributed by atoms with Crippen molar-refractivity contribution >= 4 is 35.5 Å². The quantitative estimate of drug-likeness (QED) is 0.199. The number of thioether (sulfide) groups is 1. The maximum absolute atomic E-state index is 12.8. The number of hydrogen-bond donors (Lipinski definition) is 0. The highest BCUT2D eigenvalue weighted by molar-refractivity contribution is 8.03. The molecule has 0 spiro atoms. The summed E-state index contributed by atoms with van der Waals surface area (Å²) in [6.07, 6.45) is 4.03. The molecule has 1 aliphatic heterocycles. The summed E-state index contributed by atoms with van der Waals surface area (Å²) < 4.78 is 14.8. The third-order valence-electron chi connectivity index (χ3n) is 4.60. The van der Waals surface area contributed by atoms with Gasteiger partial charge in [0.2, 0.25) is 0 Å². The summed E-state index contributed by atoms with van der Waals surface area (Å²) in [4.78, 5) is 50.1. The van der Waals surface area contributed by atoms with Crippen LogP contribution in [0.15, 0.2) is 63.9 Å². The molecule has 0 saturated carbocycles. The Morgan fingerprint density at radius 2 is 1.87 bits per heavy atom. The van der Waals surface area contributed by atoms with E-state index in [1.54, 1.807) is 6.08 Å². The molecule has 1 aromatic carbocycles. The van der Waals surface area contributed by atoms with Crippen molar-refractivity contribution in [1.82, 2.24) is 0 Å². The predicted octanol–water partition coefficient (Wildman–Crippen LogP) is 2.94. The van der Waals surface area contributed by atoms with Gasteiger partial charge in [0, 0.05) is 33.8 Å². The standard InChI is InChI=1S/C23H22O7S/c1-14(2)22(26)29-11-5-10-28-20(24)13-30-23(27)16-8-9-19-17(21(16)25)12-15-6-3-4-7-18(15)31-19/h3-4,6-9,16H,1,5,10-13H2,2H3. The maximum atomic E-state index is 12.8. The van der Waals surface area contributed by atoms with Gasteiger partial charge in [0.1, 0.15) is 5.92 Å². The molecule has 0 amide bonds. The van der Waals surface area contributed by atoms with Gasteiger partial charge in [0.05, 0.1) is 13.2 Å². The molecule has 1 aromatic rings. The zero-order chi connectivity index (χ0) is 22.4. The van der Waals surface area contributed by atoms with Crippen molar-refractivity contribution in [2.45, 2.75) is 24.7 Å². The SMILES string of the molecule is C=C(C)C(=O)OCCCOC(=O)COC(=O)C1C=CC2=C(Cc3ccccc3S2)C1=O. The second-order valence-corrected chi connectivity index (χ2v) is 8.11. The average molecular weight is 442 g/mol. The number of benzene rings is 1. The number of carbonyl (C=O) groups excluding carboxylic acids is 4. The summed E-state index contributed by atoms with van der Waals surface area (Å²) in [6, 6.07) is 7.81. The van der Waals surface area contributed by atoms with Gasteiger partial charge < -0.3 is 14.2 Å². The largest absolute Gasteiger partial charge is 0.463 e. The molecule has 0 N–H and O–H groups in total. The number of hydrogen-bond acceptors (Lipinski definition) is 8. The molecule has 1 atom stereocenters. The van der Waals surface area contributed by atoms with E-state index in [4.69, 9.17) is 14.2 Å². The Morgan fingerprint density at radius 1 is 1.13 bits per heavy atom. The van der Waals surface area contributed by atoms with E-state index in [-0.39, 0.29) is 24.6 Å². The van der Waals surface area contributed by atoms with Crippen molar-refractivity contribution in [3.8, 4) is 0 Å². The summed E-state index contributed by atoms with van der Waals surface area (Å²) >= 11 is 1.50. The number of Topliss-reactive ketones (excluding diaryl/α,β-unsaturated/α-hetero) is 1. The third kappa shape index (κ3) is 5.73. The minimum absolute atomic E-state index is 0.00892. The van der Waals surface area contributed by atoms with Gasteiger partial charge in [-0.05, 0) is 18.6 Å². The number of ether oxygens (including phenoxy) is 3. The van der Waals surface area contributed by atoms with Crippen LogP contribution in [0.4, 0.5) is 0 Å². The number of ketones is 1. The molecular formula is C23H22O7S. The number of allylic oxidation sites excluding steroid dienone is 2. The van der Waals surface area contributed by atoms with Crippen LogP contribution in [0.5, 0.6) is 0 Å². The fraction of sp³-hybridized carbons (Fsp3) is 0.304. The first-order valence-electron chi connectivity index (χ1n) is 9.73. The molecule has 0 radical (unpaired) electrons. The number of carbonyl (C=O) groups is 4. The average Bonchev–Trinajstić information content (AvgIpc) is 2.76. The van der Waals surface area contributed by atoms with E-state index in [9.17, 15) is 19.2 Å². The maximum Gasteiger partial charge on any atom is 0.344 e. The first kappa shape index (κ1) is 22.6. The minimum Gasteiger partial charge on any atom is -0.463 e. The van der Waals surface area contributed by atoms with E-state index in [0.717, 1.165) is 15.4 Å². The highest BCUT2D eigenvalue weighted by Gasteiger charge is 2.35. The summed E-state index contributed by atoms with van der Waals surface area (Å²) in [5, 5.41) is 0. The lowest BCUT2D eigenvalue weighted by atomic mass is 9.88. The van der Waals surface area contributed by atoms with Crippen LogP contribution in [0.3, 0.4) is 0 Å². The van der Waals surface area contributed by atoms with Gasteiger partial charge in [-0.25, -0.2) is 9.59 Å². The van der Waals surface area contributed by atoms with Crippen LogP contribution in [-0.2, 0) is 39.8 Å². The van der Waals surface area contributed by atoms with E-state index in [1.165, 1.54) is 24.8 Å². The fourth-order valence-electron chi connectivity index (χ4n) is 2.99. The second kappa shape index (κ2) is 10.3. The molecular weight excluding hydrogens is 420 g/mol. The summed E-state index contributed by atoms with van der Waals surface area (Å²) in [7, 11) is 0. The predicted molar refractivity (Wildman–Crippen MR) is 113 cm³/mol. The van der Waals surface area contributed by atoms with Gasteiger partial charge in [-0.2, -0.15) is 0 Å². The molecule has 1 unspecified atom stereocenters. The lowest BCUT2D eigenvalue weighted by molar-refractivity contribution is -0.161. The van der Waals surface area contributed by atoms with Crippen molar-refractivity contribution in [2.75, 3.05) is 19.8 Å². The van der Waals surface area contributed by atoms with Crippen molar-refractivity contribution < 1.29 is 33.4 Å². The van der Waals surface area contributed by atoms with Crippen LogP contribution < -0.4 is 0 Å². The second-order valence-electron chi connectivity index (χ2n) is 7.03. The van der Waals surface area contributed by atoms with Crippen LogP contribution in [-0.4, -0.2) is 43.5 Å². The summed E-state index contributed by atoms with van der Waals surface area (Å²) in [5.74, 6) is -3.42. The van der Waals surface area contributed by atoms with Crippen LogP contribution in [0, 0.1) is 5.92 Å². The van der Waals surface area contributed by atoms with E-state index >= 15 is 0 Å². The molecule has 3 rings (SSSR count). The number of esters is 3. The Kier molecular flexibility index (Phi) is 7.46. The lowest BCUT2D eigenvalue weighted by Gasteiger charge is -2.25. The molecule has 0 saturated heterocycles. The molecule has 0 aromatic heterocycles. The number of rotatable bonds is 8. The Hall–Kier alpha value is -3.13. The molecule has 0 fully saturated rings. The van der Waals surface area contributed by atoms with Crippen LogP contribution in [0.2, 0.25) is 0 Å². The Labute approximate surface area is 184 Å². The van der Waals surface area contributed by atoms with Crippen molar-refractivity contribution in [2.24, 2.45) is 5.92 Å². The van der Waals surface area contributed by atoms with E-state index < -0.39 is 30.4 Å². The normalized spacial score (nSPS) is 16.8. The van der Waals surface area contributed by atoms with Crippen molar-refractivity contribution in [1.29, 1.82) is 0 Å². The zero-order valence-corrected chi connectivity index (χ0v) is 17.9. The van der Waals surface area contributed by atoms with Gasteiger partial charge in [-0.3, -0.25) is 9.59 Å². The van der Waals surface area contributed by atoms with Crippen molar-refractivity contribution in [3.05, 3.63) is 64.6 Å². The third-order valence-corrected chi connectivity index (χ3v) is 5.82. The Balaban J connectivity index is 1.42. The first-order chi connectivity index (χ1) is 14.9. The molecule has 1 heterocycles. The smallest absolute Gasteiger partial charge is 0.344 e. The number of fused-ring (bicyclic) bond motifs is 1. The van der Waals surface area contributed by atoms with Crippen LogP contribution in [0.1, 0.15) is 18.9 Å². The van der Waals surface area contributed by atoms with Crippen molar-refractivity contribution in [3.63, 3.8) is 0 Å². The monoisotopic (exact) mass is 442 g/mol. The molecule has 8 heteroatoms. The first-order valence-corrected chi connectivity index (χ1v) is 10.5. The van der Waals surface area contributed by atoms with Gasteiger partial charge in [-0.15, -0.1) is 0 Å². The highest BCUT2D eigenvalue weighted by Crippen LogP contribution is 2.42. The summed E-state index contributed by atoms with van der Waals surface area (Å²) in [5.41, 5.74) is 1.91. The topological polar surface area (TPSA) is 96.0 Å². The van der Waals surface area contributed by atoms with E-state index in [1.807, 2.05) is 24.3 Å². The molecule has 162 valence electrons. The van der Waals surface area contributed by atoms with E-state index in [0.29, 0.717) is 18.4 Å². The summed E-state index contributed by atoms with van der Waals surface area (Å²) in [6.45, 7) is 4.49. The molecule has 2 aliphatic rings. The minimum atomic E-state index is -1.07. The Bertz CT molecular complexity index is 989. The van der Waals surface area contributed by atoms with Gasteiger partial charge in [0.15, 0.2) is 12.4 Å². The van der Waals surface area contributed by atoms with Gasteiger partial charge in [-0.1, -0.05) is 48.7 Å². The van der Waals surface area contributed by atoms with E-state index in [2.05, 4.69) is 6.58 Å². The van der Waals surface area contributed by atoms with Crippen LogP contribution >= 0.6 is 11.8 Å². The Morgan fingerprint density at radius 3 is 2.65 bits per heavy atom. The zero-order valence-electron chi connectivity index (χ0n) is 17.1. The van der Waals surface area contributed by atoms with Crippen LogP contribution in [0.25, 0.3) is 0 Å². The molecule has 7 nitrogen and oxygen atoms in total. The van der Waals surface area contributed by atoms with Gasteiger partial charge in [0.25, 0.3) is 0 Å². The lowest BCUT2D eigenvalue weighted by Crippen LogP contribution is -2.31.